The number of rotatable bonds is 6. The lowest BCUT2D eigenvalue weighted by molar-refractivity contribution is 0.558. The molecule has 0 aromatic heterocycles. The van der Waals surface area contributed by atoms with Crippen LogP contribution in [0.5, 0.6) is 0 Å². The van der Waals surface area contributed by atoms with E-state index in [0.717, 1.165) is 18.9 Å². The summed E-state index contributed by atoms with van der Waals surface area (Å²) in [5.74, 6) is 0.725. The topological polar surface area (TPSA) is 24.1 Å². The van der Waals surface area contributed by atoms with Crippen LogP contribution < -0.4 is 10.6 Å². The summed E-state index contributed by atoms with van der Waals surface area (Å²) in [5.41, 5.74) is 2.78. The molecule has 0 bridgehead atoms. The molecule has 0 aliphatic heterocycles. The van der Waals surface area contributed by atoms with Crippen LogP contribution in [-0.2, 0) is 6.42 Å². The highest BCUT2D eigenvalue weighted by molar-refractivity contribution is 5.25. The molecule has 0 amide bonds. The molecule has 1 aromatic rings. The van der Waals surface area contributed by atoms with Crippen LogP contribution in [0.2, 0.25) is 0 Å². The number of hydrogen-bond donors (Lipinski definition) is 2. The van der Waals surface area contributed by atoms with Gasteiger partial charge in [0, 0.05) is 12.6 Å². The molecule has 2 N–H and O–H groups in total. The molecule has 0 saturated heterocycles. The Morgan fingerprint density at radius 3 is 2.12 bits per heavy atom. The summed E-state index contributed by atoms with van der Waals surface area (Å²) in [5, 5.41) is 6.52. The molecule has 90 valence electrons. The van der Waals surface area contributed by atoms with E-state index in [-0.39, 0.29) is 0 Å². The monoisotopic (exact) mass is 220 g/mol. The van der Waals surface area contributed by atoms with E-state index in [2.05, 4.69) is 48.7 Å². The van der Waals surface area contributed by atoms with Gasteiger partial charge in [0.15, 0.2) is 0 Å². The largest absolute Gasteiger partial charge is 0.318 e. The molecule has 1 unspecified atom stereocenters. The molecule has 0 fully saturated rings. The maximum Gasteiger partial charge on any atom is 0.0444 e. The van der Waals surface area contributed by atoms with Crippen molar-refractivity contribution in [2.75, 3.05) is 20.6 Å². The van der Waals surface area contributed by atoms with E-state index in [1.165, 1.54) is 11.1 Å². The van der Waals surface area contributed by atoms with Crippen molar-refractivity contribution in [1.82, 2.24) is 10.6 Å². The first kappa shape index (κ1) is 13.2. The Bertz CT molecular complexity index is 290. The minimum atomic E-state index is 0.401. The quantitative estimate of drug-likeness (QED) is 0.769. The minimum absolute atomic E-state index is 0.401. The summed E-state index contributed by atoms with van der Waals surface area (Å²) in [6.07, 6.45) is 1.16. The van der Waals surface area contributed by atoms with Crippen molar-refractivity contribution >= 4 is 0 Å². The van der Waals surface area contributed by atoms with Gasteiger partial charge in [0.2, 0.25) is 0 Å². The highest BCUT2D eigenvalue weighted by Crippen LogP contribution is 2.15. The zero-order valence-electron chi connectivity index (χ0n) is 10.9. The van der Waals surface area contributed by atoms with Crippen LogP contribution in [0.3, 0.4) is 0 Å². The van der Waals surface area contributed by atoms with Crippen LogP contribution in [0, 0.1) is 5.92 Å². The highest BCUT2D eigenvalue weighted by atomic mass is 14.9. The van der Waals surface area contributed by atoms with E-state index in [1.54, 1.807) is 0 Å². The van der Waals surface area contributed by atoms with Gasteiger partial charge in [-0.15, -0.1) is 0 Å². The molecule has 0 aliphatic carbocycles. The van der Waals surface area contributed by atoms with Crippen molar-refractivity contribution in [1.29, 1.82) is 0 Å². The van der Waals surface area contributed by atoms with Gasteiger partial charge < -0.3 is 10.6 Å². The maximum absolute atomic E-state index is 3.32. The van der Waals surface area contributed by atoms with Crippen LogP contribution in [0.4, 0.5) is 0 Å². The summed E-state index contributed by atoms with van der Waals surface area (Å²) in [7, 11) is 3.99. The third-order valence-electron chi connectivity index (χ3n) is 2.78. The Hall–Kier alpha value is -0.860. The normalized spacial score (nSPS) is 13.1. The van der Waals surface area contributed by atoms with Crippen molar-refractivity contribution in [3.05, 3.63) is 35.4 Å². The molecule has 16 heavy (non-hydrogen) atoms. The third kappa shape index (κ3) is 3.95. The molecular weight excluding hydrogens is 196 g/mol. The minimum Gasteiger partial charge on any atom is -0.318 e. The van der Waals surface area contributed by atoms with Crippen LogP contribution in [0.1, 0.15) is 31.0 Å². The van der Waals surface area contributed by atoms with E-state index >= 15 is 0 Å². The fourth-order valence-electron chi connectivity index (χ4n) is 1.95. The molecule has 0 heterocycles. The molecule has 0 saturated carbocycles. The fourth-order valence-corrected chi connectivity index (χ4v) is 1.95. The van der Waals surface area contributed by atoms with Crippen molar-refractivity contribution in [3.8, 4) is 0 Å². The summed E-state index contributed by atoms with van der Waals surface area (Å²) < 4.78 is 0. The number of benzene rings is 1. The van der Waals surface area contributed by atoms with Crippen molar-refractivity contribution in [3.63, 3.8) is 0 Å². The van der Waals surface area contributed by atoms with Crippen molar-refractivity contribution in [2.24, 2.45) is 5.92 Å². The van der Waals surface area contributed by atoms with Crippen LogP contribution in [-0.4, -0.2) is 20.6 Å². The third-order valence-corrected chi connectivity index (χ3v) is 2.78. The molecular formula is C14H24N2. The zero-order valence-corrected chi connectivity index (χ0v) is 10.9. The van der Waals surface area contributed by atoms with E-state index in [4.69, 9.17) is 0 Å². The lowest BCUT2D eigenvalue weighted by Crippen LogP contribution is -2.27. The first-order chi connectivity index (χ1) is 7.67. The van der Waals surface area contributed by atoms with Crippen LogP contribution in [0.25, 0.3) is 0 Å². The van der Waals surface area contributed by atoms with Gasteiger partial charge in [0.25, 0.3) is 0 Å². The van der Waals surface area contributed by atoms with Crippen molar-refractivity contribution in [2.45, 2.75) is 26.3 Å². The zero-order chi connectivity index (χ0) is 12.0. The Morgan fingerprint density at radius 2 is 1.69 bits per heavy atom. The number of hydrogen-bond acceptors (Lipinski definition) is 2. The van der Waals surface area contributed by atoms with Gasteiger partial charge in [0.1, 0.15) is 0 Å². The average Bonchev–Trinajstić information content (AvgIpc) is 2.26. The molecule has 0 spiro atoms. The molecule has 2 heteroatoms. The molecule has 1 rings (SSSR count). The van der Waals surface area contributed by atoms with Crippen molar-refractivity contribution < 1.29 is 0 Å². The Kier molecular flexibility index (Phi) is 5.50. The van der Waals surface area contributed by atoms with Gasteiger partial charge in [-0.3, -0.25) is 0 Å². The Morgan fingerprint density at radius 1 is 1.06 bits per heavy atom. The van der Waals surface area contributed by atoms with E-state index in [1.807, 2.05) is 14.1 Å². The van der Waals surface area contributed by atoms with Gasteiger partial charge in [-0.1, -0.05) is 38.1 Å². The standard InChI is InChI=1S/C14H24N2/c1-11(2)9-12-5-7-13(8-6-12)14(16-4)10-15-3/h5-8,11,14-16H,9-10H2,1-4H3. The fraction of sp³-hybridized carbons (Fsp3) is 0.571. The van der Waals surface area contributed by atoms with Crippen LogP contribution >= 0.6 is 0 Å². The summed E-state index contributed by atoms with van der Waals surface area (Å²) in [4.78, 5) is 0. The van der Waals surface area contributed by atoms with Gasteiger partial charge in [-0.2, -0.15) is 0 Å². The molecule has 0 aliphatic rings. The lowest BCUT2D eigenvalue weighted by atomic mass is 9.99. The first-order valence-corrected chi connectivity index (χ1v) is 6.08. The summed E-state index contributed by atoms with van der Waals surface area (Å²) >= 11 is 0. The Balaban J connectivity index is 2.69. The van der Waals surface area contributed by atoms with Gasteiger partial charge in [0.05, 0.1) is 0 Å². The number of likely N-dealkylation sites (N-methyl/N-ethyl adjacent to an activating group) is 2. The second-order valence-corrected chi connectivity index (χ2v) is 4.74. The second kappa shape index (κ2) is 6.66. The summed E-state index contributed by atoms with van der Waals surface area (Å²) in [6.45, 7) is 5.47. The van der Waals surface area contributed by atoms with Gasteiger partial charge in [-0.25, -0.2) is 0 Å². The molecule has 1 atom stereocenters. The Labute approximate surface area is 99.5 Å². The molecule has 0 radical (unpaired) electrons. The average molecular weight is 220 g/mol. The van der Waals surface area contributed by atoms with E-state index in [9.17, 15) is 0 Å². The first-order valence-electron chi connectivity index (χ1n) is 6.08. The van der Waals surface area contributed by atoms with Gasteiger partial charge in [-0.05, 0) is 37.6 Å². The highest BCUT2D eigenvalue weighted by Gasteiger charge is 2.07. The van der Waals surface area contributed by atoms with Gasteiger partial charge >= 0.3 is 0 Å². The van der Waals surface area contributed by atoms with E-state index < -0.39 is 0 Å². The SMILES string of the molecule is CNCC(NC)c1ccc(CC(C)C)cc1. The smallest absolute Gasteiger partial charge is 0.0444 e. The maximum atomic E-state index is 3.32. The predicted octanol–water partition coefficient (Wildman–Crippen LogP) is 2.37. The van der Waals surface area contributed by atoms with E-state index in [0.29, 0.717) is 6.04 Å². The lowest BCUT2D eigenvalue weighted by Gasteiger charge is -2.16. The second-order valence-electron chi connectivity index (χ2n) is 4.74. The molecule has 1 aromatic carbocycles. The summed E-state index contributed by atoms with van der Waals surface area (Å²) in [6, 6.07) is 9.36. The predicted molar refractivity (Wildman–Crippen MR) is 70.7 cm³/mol. The van der Waals surface area contributed by atoms with Crippen LogP contribution in [0.15, 0.2) is 24.3 Å². The number of nitrogens with one attached hydrogen (secondary N) is 2. The molecule has 2 nitrogen and oxygen atoms in total.